The maximum absolute atomic E-state index is 3.52. The van der Waals surface area contributed by atoms with Crippen molar-refractivity contribution in [2.24, 2.45) is 0 Å². The topological polar surface area (TPSA) is 12.0 Å². The lowest BCUT2D eigenvalue weighted by molar-refractivity contribution is 0.443. The Hall–Kier alpha value is -0.120. The number of halogens is 1. The lowest BCUT2D eigenvalue weighted by atomic mass is 10.1. The van der Waals surface area contributed by atoms with Crippen LogP contribution in [0.4, 0.5) is 0 Å². The van der Waals surface area contributed by atoms with Crippen molar-refractivity contribution >= 4 is 33.3 Å². The van der Waals surface area contributed by atoms with Crippen LogP contribution < -0.4 is 5.32 Å². The van der Waals surface area contributed by atoms with Crippen LogP contribution in [-0.4, -0.2) is 12.1 Å². The molecule has 0 radical (unpaired) electrons. The Kier molecular flexibility index (Phi) is 5.22. The highest BCUT2D eigenvalue weighted by molar-refractivity contribution is 9.10. The maximum atomic E-state index is 3.52. The molecule has 0 spiro atoms. The standard InChI is InChI=1S/C13H20BrNS/c1-5-10(8-15-13(2,3)4)6-12-7-11(14)9-16-12/h6-7,9,15H,5,8H2,1-4H3. The fourth-order valence-corrected chi connectivity index (χ4v) is 2.69. The Bertz CT molecular complexity index is 360. The van der Waals surface area contributed by atoms with Crippen LogP contribution in [0.2, 0.25) is 0 Å². The van der Waals surface area contributed by atoms with Crippen LogP contribution in [0.1, 0.15) is 39.0 Å². The van der Waals surface area contributed by atoms with Crippen LogP contribution >= 0.6 is 27.3 Å². The van der Waals surface area contributed by atoms with E-state index in [0.717, 1.165) is 13.0 Å². The zero-order valence-corrected chi connectivity index (χ0v) is 12.8. The van der Waals surface area contributed by atoms with E-state index < -0.39 is 0 Å². The second-order valence-electron chi connectivity index (χ2n) is 4.93. The van der Waals surface area contributed by atoms with Gasteiger partial charge in [-0.15, -0.1) is 11.3 Å². The summed E-state index contributed by atoms with van der Waals surface area (Å²) in [7, 11) is 0. The van der Waals surface area contributed by atoms with E-state index in [2.05, 4.69) is 66.5 Å². The van der Waals surface area contributed by atoms with Crippen LogP contribution in [0.25, 0.3) is 6.08 Å². The lowest BCUT2D eigenvalue weighted by Crippen LogP contribution is -2.36. The molecule has 0 saturated heterocycles. The van der Waals surface area contributed by atoms with E-state index in [1.807, 2.05) is 0 Å². The van der Waals surface area contributed by atoms with Crippen molar-refractivity contribution in [1.29, 1.82) is 0 Å². The number of hydrogen-bond acceptors (Lipinski definition) is 2. The minimum absolute atomic E-state index is 0.185. The summed E-state index contributed by atoms with van der Waals surface area (Å²) in [5.41, 5.74) is 1.63. The SMILES string of the molecule is CCC(=Cc1cc(Br)cs1)CNC(C)(C)C. The fourth-order valence-electron chi connectivity index (χ4n) is 1.26. The van der Waals surface area contributed by atoms with Crippen LogP contribution in [-0.2, 0) is 0 Å². The van der Waals surface area contributed by atoms with Crippen molar-refractivity contribution in [3.63, 3.8) is 0 Å². The van der Waals surface area contributed by atoms with Crippen molar-refractivity contribution < 1.29 is 0 Å². The summed E-state index contributed by atoms with van der Waals surface area (Å²) < 4.78 is 1.17. The van der Waals surface area contributed by atoms with Crippen LogP contribution in [0.15, 0.2) is 21.5 Å². The zero-order valence-electron chi connectivity index (χ0n) is 10.4. The highest BCUT2D eigenvalue weighted by Crippen LogP contribution is 2.22. The molecule has 1 N–H and O–H groups in total. The molecule has 0 unspecified atom stereocenters. The Morgan fingerprint density at radius 2 is 2.19 bits per heavy atom. The first-order valence-electron chi connectivity index (χ1n) is 5.59. The van der Waals surface area contributed by atoms with Gasteiger partial charge in [0, 0.05) is 26.8 Å². The average Bonchev–Trinajstić information content (AvgIpc) is 2.57. The Morgan fingerprint density at radius 1 is 1.50 bits per heavy atom. The van der Waals surface area contributed by atoms with E-state index in [1.54, 1.807) is 11.3 Å². The predicted molar refractivity (Wildman–Crippen MR) is 78.0 cm³/mol. The van der Waals surface area contributed by atoms with E-state index in [1.165, 1.54) is 14.9 Å². The first-order valence-corrected chi connectivity index (χ1v) is 7.26. The van der Waals surface area contributed by atoms with Gasteiger partial charge in [-0.2, -0.15) is 0 Å². The molecule has 0 aliphatic carbocycles. The quantitative estimate of drug-likeness (QED) is 0.850. The van der Waals surface area contributed by atoms with Gasteiger partial charge in [-0.3, -0.25) is 0 Å². The zero-order chi connectivity index (χ0) is 12.2. The normalized spacial score (nSPS) is 13.2. The molecule has 0 amide bonds. The van der Waals surface area contributed by atoms with Crippen LogP contribution in [0.5, 0.6) is 0 Å². The molecule has 1 rings (SSSR count). The van der Waals surface area contributed by atoms with Crippen molar-refractivity contribution in [1.82, 2.24) is 5.32 Å². The van der Waals surface area contributed by atoms with Gasteiger partial charge in [-0.1, -0.05) is 12.5 Å². The maximum Gasteiger partial charge on any atom is 0.0288 e. The van der Waals surface area contributed by atoms with Gasteiger partial charge in [0.1, 0.15) is 0 Å². The minimum atomic E-state index is 0.185. The second-order valence-corrected chi connectivity index (χ2v) is 6.79. The molecule has 0 aliphatic rings. The molecule has 1 aromatic heterocycles. The summed E-state index contributed by atoms with van der Waals surface area (Å²) in [6.45, 7) is 9.76. The van der Waals surface area contributed by atoms with Gasteiger partial charge >= 0.3 is 0 Å². The van der Waals surface area contributed by atoms with E-state index >= 15 is 0 Å². The molecule has 1 heterocycles. The van der Waals surface area contributed by atoms with Crippen molar-refractivity contribution in [2.75, 3.05) is 6.54 Å². The molecule has 0 atom stereocenters. The van der Waals surface area contributed by atoms with Gasteiger partial charge in [0.2, 0.25) is 0 Å². The van der Waals surface area contributed by atoms with E-state index in [-0.39, 0.29) is 5.54 Å². The number of rotatable bonds is 4. The molecule has 3 heteroatoms. The predicted octanol–water partition coefficient (Wildman–Crippen LogP) is 4.69. The van der Waals surface area contributed by atoms with E-state index in [0.29, 0.717) is 0 Å². The van der Waals surface area contributed by atoms with E-state index in [9.17, 15) is 0 Å². The van der Waals surface area contributed by atoms with Gasteiger partial charge in [-0.25, -0.2) is 0 Å². The van der Waals surface area contributed by atoms with Crippen LogP contribution in [0, 0.1) is 0 Å². The molecule has 0 saturated carbocycles. The van der Waals surface area contributed by atoms with Gasteiger partial charge < -0.3 is 5.32 Å². The van der Waals surface area contributed by atoms with Crippen molar-refractivity contribution in [2.45, 2.75) is 39.7 Å². The van der Waals surface area contributed by atoms with Crippen molar-refractivity contribution in [3.8, 4) is 0 Å². The number of hydrogen-bond donors (Lipinski definition) is 1. The molecule has 1 nitrogen and oxygen atoms in total. The summed E-state index contributed by atoms with van der Waals surface area (Å²) in [6, 6.07) is 2.16. The molecular weight excluding hydrogens is 282 g/mol. The average molecular weight is 302 g/mol. The second kappa shape index (κ2) is 5.99. The molecular formula is C13H20BrNS. The number of thiophene rings is 1. The summed E-state index contributed by atoms with van der Waals surface area (Å²) >= 11 is 5.26. The first kappa shape index (κ1) is 13.9. The highest BCUT2D eigenvalue weighted by Gasteiger charge is 2.08. The third kappa shape index (κ3) is 5.28. The fraction of sp³-hybridized carbons (Fsp3) is 0.538. The van der Waals surface area contributed by atoms with E-state index in [4.69, 9.17) is 0 Å². The monoisotopic (exact) mass is 301 g/mol. The summed E-state index contributed by atoms with van der Waals surface area (Å²) in [6.07, 6.45) is 3.38. The molecule has 0 aliphatic heterocycles. The van der Waals surface area contributed by atoms with Crippen molar-refractivity contribution in [3.05, 3.63) is 26.4 Å². The third-order valence-electron chi connectivity index (χ3n) is 2.23. The summed E-state index contributed by atoms with van der Waals surface area (Å²) in [5, 5.41) is 5.65. The molecule has 0 fully saturated rings. The summed E-state index contributed by atoms with van der Waals surface area (Å²) in [4.78, 5) is 1.32. The largest absolute Gasteiger partial charge is 0.308 e. The number of nitrogens with one attached hydrogen (secondary N) is 1. The Labute approximate surface area is 111 Å². The van der Waals surface area contributed by atoms with Gasteiger partial charge in [0.25, 0.3) is 0 Å². The minimum Gasteiger partial charge on any atom is -0.308 e. The molecule has 90 valence electrons. The smallest absolute Gasteiger partial charge is 0.0288 e. The highest BCUT2D eigenvalue weighted by atomic mass is 79.9. The lowest BCUT2D eigenvalue weighted by Gasteiger charge is -2.21. The molecule has 0 aromatic carbocycles. The summed E-state index contributed by atoms with van der Waals surface area (Å²) in [5.74, 6) is 0. The third-order valence-corrected chi connectivity index (χ3v) is 3.87. The Morgan fingerprint density at radius 3 is 2.62 bits per heavy atom. The molecule has 0 bridgehead atoms. The van der Waals surface area contributed by atoms with Gasteiger partial charge in [0.05, 0.1) is 0 Å². The molecule has 16 heavy (non-hydrogen) atoms. The first-order chi connectivity index (χ1) is 7.40. The van der Waals surface area contributed by atoms with Gasteiger partial charge in [-0.05, 0) is 55.3 Å². The van der Waals surface area contributed by atoms with Gasteiger partial charge in [0.15, 0.2) is 0 Å². The van der Waals surface area contributed by atoms with Crippen LogP contribution in [0.3, 0.4) is 0 Å². The Balaban J connectivity index is 2.64. The molecule has 1 aromatic rings.